The lowest BCUT2D eigenvalue weighted by Gasteiger charge is -2.43. The van der Waals surface area contributed by atoms with Crippen LogP contribution in [0.3, 0.4) is 0 Å². The smallest absolute Gasteiger partial charge is 0.140 e. The molecule has 2 aromatic carbocycles. The van der Waals surface area contributed by atoms with Crippen molar-refractivity contribution in [3.05, 3.63) is 71.8 Å². The van der Waals surface area contributed by atoms with Crippen LogP contribution in [0, 0.1) is 11.8 Å². The van der Waals surface area contributed by atoms with E-state index in [-0.39, 0.29) is 23.9 Å². The number of halogens is 1. The van der Waals surface area contributed by atoms with Gasteiger partial charge in [0.05, 0.1) is 12.1 Å². The fraction of sp³-hybridized carbons (Fsp3) is 0.350. The van der Waals surface area contributed by atoms with Crippen LogP contribution in [0.2, 0.25) is 0 Å². The lowest BCUT2D eigenvalue weighted by molar-refractivity contribution is -0.131. The van der Waals surface area contributed by atoms with Gasteiger partial charge >= 0.3 is 0 Å². The third-order valence-electron chi connectivity index (χ3n) is 4.71. The minimum Gasteiger partial charge on any atom is -0.299 e. The molecule has 3 atom stereocenters. The molecule has 1 aliphatic heterocycles. The molecule has 0 N–H and O–H groups in total. The fourth-order valence-corrected chi connectivity index (χ4v) is 4.02. The van der Waals surface area contributed by atoms with Gasteiger partial charge in [-0.25, -0.2) is 4.42 Å². The molecular weight excluding hydrogens is 306 g/mol. The van der Waals surface area contributed by atoms with Gasteiger partial charge in [0.15, 0.2) is 0 Å². The lowest BCUT2D eigenvalue weighted by atomic mass is 9.75. The van der Waals surface area contributed by atoms with Gasteiger partial charge in [-0.15, -0.1) is 0 Å². The molecule has 23 heavy (non-hydrogen) atoms. The van der Waals surface area contributed by atoms with Gasteiger partial charge in [-0.2, -0.15) is 0 Å². The normalized spacial score (nSPS) is 25.7. The maximum atomic E-state index is 12.9. The van der Waals surface area contributed by atoms with E-state index >= 15 is 0 Å². The van der Waals surface area contributed by atoms with Gasteiger partial charge in [0.2, 0.25) is 0 Å². The zero-order valence-corrected chi connectivity index (χ0v) is 14.3. The average Bonchev–Trinajstić information content (AvgIpc) is 2.57. The SMILES string of the molecule is CC(C)C1C(=O)CC(c2ccccc2)N(Cl)C1c1ccccc1. The van der Waals surface area contributed by atoms with Crippen LogP contribution in [0.25, 0.3) is 0 Å². The Morgan fingerprint density at radius 2 is 1.48 bits per heavy atom. The number of ketones is 1. The van der Waals surface area contributed by atoms with Gasteiger partial charge in [-0.3, -0.25) is 4.79 Å². The summed E-state index contributed by atoms with van der Waals surface area (Å²) in [7, 11) is 0. The second-order valence-corrected chi connectivity index (χ2v) is 6.96. The minimum atomic E-state index is -0.0932. The van der Waals surface area contributed by atoms with E-state index in [4.69, 9.17) is 11.8 Å². The Morgan fingerprint density at radius 3 is 2.00 bits per heavy atom. The van der Waals surface area contributed by atoms with E-state index in [1.807, 2.05) is 52.9 Å². The number of carbonyl (C=O) groups excluding carboxylic acids is 1. The molecule has 1 heterocycles. The molecule has 0 aliphatic carbocycles. The molecule has 0 saturated carbocycles. The maximum Gasteiger partial charge on any atom is 0.140 e. The molecule has 3 rings (SSSR count). The van der Waals surface area contributed by atoms with E-state index in [9.17, 15) is 4.79 Å². The molecule has 120 valence electrons. The summed E-state index contributed by atoms with van der Waals surface area (Å²) in [6, 6.07) is 20.0. The molecule has 2 nitrogen and oxygen atoms in total. The number of Topliss-reactive ketones (excluding diaryl/α,β-unsaturated/α-hetero) is 1. The highest BCUT2D eigenvalue weighted by Gasteiger charge is 2.44. The highest BCUT2D eigenvalue weighted by atomic mass is 35.5. The zero-order chi connectivity index (χ0) is 16.4. The van der Waals surface area contributed by atoms with Crippen LogP contribution in [0.15, 0.2) is 60.7 Å². The van der Waals surface area contributed by atoms with Crippen LogP contribution >= 0.6 is 11.8 Å². The number of hydrogen-bond acceptors (Lipinski definition) is 2. The van der Waals surface area contributed by atoms with E-state index in [0.717, 1.165) is 11.1 Å². The molecule has 1 fully saturated rings. The lowest BCUT2D eigenvalue weighted by Crippen LogP contribution is -2.43. The summed E-state index contributed by atoms with van der Waals surface area (Å²) in [5.74, 6) is 0.486. The number of hydrogen-bond donors (Lipinski definition) is 0. The Labute approximate surface area is 143 Å². The summed E-state index contributed by atoms with van der Waals surface area (Å²) in [6.07, 6.45) is 0.472. The third-order valence-corrected chi connectivity index (χ3v) is 5.16. The molecule has 0 spiro atoms. The van der Waals surface area contributed by atoms with Crippen molar-refractivity contribution in [1.82, 2.24) is 4.42 Å². The van der Waals surface area contributed by atoms with Crippen LogP contribution < -0.4 is 0 Å². The summed E-state index contributed by atoms with van der Waals surface area (Å²) in [5.41, 5.74) is 2.20. The molecule has 0 amide bonds. The van der Waals surface area contributed by atoms with E-state index in [0.29, 0.717) is 12.2 Å². The van der Waals surface area contributed by atoms with E-state index in [1.54, 1.807) is 0 Å². The number of rotatable bonds is 3. The zero-order valence-electron chi connectivity index (χ0n) is 13.5. The second kappa shape index (κ2) is 6.86. The summed E-state index contributed by atoms with van der Waals surface area (Å²) >= 11 is 6.80. The van der Waals surface area contributed by atoms with Gasteiger partial charge in [-0.1, -0.05) is 74.5 Å². The fourth-order valence-electron chi connectivity index (χ4n) is 3.61. The number of piperidine rings is 1. The third kappa shape index (κ3) is 3.19. The molecule has 3 heteroatoms. The Bertz CT molecular complexity index is 656. The molecular formula is C20H22ClNO. The Hall–Kier alpha value is -1.64. The molecule has 2 aromatic rings. The van der Waals surface area contributed by atoms with Crippen molar-refractivity contribution in [1.29, 1.82) is 0 Å². The van der Waals surface area contributed by atoms with Crippen LogP contribution in [0.1, 0.15) is 43.5 Å². The first-order valence-electron chi connectivity index (χ1n) is 8.16. The topological polar surface area (TPSA) is 20.3 Å². The van der Waals surface area contributed by atoms with Crippen molar-refractivity contribution in [2.75, 3.05) is 0 Å². The Morgan fingerprint density at radius 1 is 0.957 bits per heavy atom. The first kappa shape index (κ1) is 16.2. The average molecular weight is 328 g/mol. The van der Waals surface area contributed by atoms with Crippen molar-refractivity contribution in [2.45, 2.75) is 32.4 Å². The van der Waals surface area contributed by atoms with Gasteiger partial charge in [0.1, 0.15) is 5.78 Å². The van der Waals surface area contributed by atoms with Crippen LogP contribution in [-0.2, 0) is 4.79 Å². The van der Waals surface area contributed by atoms with E-state index < -0.39 is 0 Å². The summed E-state index contributed by atoms with van der Waals surface area (Å²) in [6.45, 7) is 4.21. The van der Waals surface area contributed by atoms with Crippen molar-refractivity contribution < 1.29 is 4.79 Å². The van der Waals surface area contributed by atoms with Crippen molar-refractivity contribution in [3.8, 4) is 0 Å². The minimum absolute atomic E-state index is 0.0742. The van der Waals surface area contributed by atoms with Crippen molar-refractivity contribution in [2.24, 2.45) is 11.8 Å². The summed E-state index contributed by atoms with van der Waals surface area (Å²) in [4.78, 5) is 12.9. The monoisotopic (exact) mass is 327 g/mol. The van der Waals surface area contributed by atoms with E-state index in [2.05, 4.69) is 26.0 Å². The Balaban J connectivity index is 2.02. The standard InChI is InChI=1S/C20H22ClNO/c1-14(2)19-18(23)13-17(15-9-5-3-6-10-15)22(21)20(19)16-11-7-4-8-12-16/h3-12,14,17,19-20H,13H2,1-2H3. The van der Waals surface area contributed by atoms with Crippen LogP contribution in [0.5, 0.6) is 0 Å². The number of carbonyl (C=O) groups is 1. The van der Waals surface area contributed by atoms with E-state index in [1.165, 1.54) is 0 Å². The summed E-state index contributed by atoms with van der Waals surface area (Å²) < 4.78 is 1.87. The molecule has 1 aliphatic rings. The molecule has 1 saturated heterocycles. The van der Waals surface area contributed by atoms with Crippen molar-refractivity contribution >= 4 is 17.6 Å². The van der Waals surface area contributed by atoms with Crippen molar-refractivity contribution in [3.63, 3.8) is 0 Å². The number of benzene rings is 2. The maximum absolute atomic E-state index is 12.9. The summed E-state index contributed by atoms with van der Waals surface area (Å²) in [5, 5.41) is 0. The molecule has 0 aromatic heterocycles. The molecule has 0 bridgehead atoms. The number of nitrogens with zero attached hydrogens (tertiary/aromatic N) is 1. The first-order chi connectivity index (χ1) is 11.1. The highest BCUT2D eigenvalue weighted by molar-refractivity contribution is 6.14. The second-order valence-electron chi connectivity index (χ2n) is 6.57. The predicted octanol–water partition coefficient (Wildman–Crippen LogP) is 5.17. The van der Waals surface area contributed by atoms with Gasteiger partial charge in [0.25, 0.3) is 0 Å². The predicted molar refractivity (Wildman–Crippen MR) is 94.0 cm³/mol. The van der Waals surface area contributed by atoms with Crippen LogP contribution in [-0.4, -0.2) is 10.2 Å². The van der Waals surface area contributed by atoms with Gasteiger partial charge in [0, 0.05) is 12.3 Å². The van der Waals surface area contributed by atoms with Crippen LogP contribution in [0.4, 0.5) is 0 Å². The largest absolute Gasteiger partial charge is 0.299 e. The first-order valence-corrected chi connectivity index (χ1v) is 8.50. The Kier molecular flexibility index (Phi) is 4.84. The van der Waals surface area contributed by atoms with Gasteiger partial charge < -0.3 is 0 Å². The van der Waals surface area contributed by atoms with Gasteiger partial charge in [-0.05, 0) is 28.8 Å². The molecule has 0 radical (unpaired) electrons. The molecule has 3 unspecified atom stereocenters. The quantitative estimate of drug-likeness (QED) is 0.725. The highest BCUT2D eigenvalue weighted by Crippen LogP contribution is 2.46.